The van der Waals surface area contributed by atoms with Crippen molar-refractivity contribution in [1.29, 1.82) is 0 Å². The lowest BCUT2D eigenvalue weighted by molar-refractivity contribution is -0.220. The first kappa shape index (κ1) is 57.4. The van der Waals surface area contributed by atoms with E-state index in [1.807, 2.05) is 18.2 Å². The Hall–Kier alpha value is -2.75. The molecule has 1 aliphatic heterocycles. The number of phosphoric ester groups is 1. The minimum atomic E-state index is -5.15. The van der Waals surface area contributed by atoms with Crippen LogP contribution in [0, 0.1) is 0 Å². The van der Waals surface area contributed by atoms with E-state index in [0.29, 0.717) is 31.5 Å². The van der Waals surface area contributed by atoms with Crippen molar-refractivity contribution >= 4 is 19.8 Å². The Morgan fingerprint density at radius 3 is 1.62 bits per heavy atom. The van der Waals surface area contributed by atoms with Crippen molar-refractivity contribution in [1.82, 2.24) is 0 Å². The number of aliphatic hydroxyl groups is 5. The summed E-state index contributed by atoms with van der Waals surface area (Å²) in [4.78, 5) is 35.7. The molecule has 2 aliphatic rings. The van der Waals surface area contributed by atoms with E-state index in [9.17, 15) is 44.6 Å². The zero-order chi connectivity index (χ0) is 46.8. The molecule has 0 spiro atoms. The van der Waals surface area contributed by atoms with Gasteiger partial charge in [-0.15, -0.1) is 0 Å². The van der Waals surface area contributed by atoms with Crippen LogP contribution in [0.15, 0.2) is 72.9 Å². The second kappa shape index (κ2) is 35.4. The molecular formula is C49H81O14P. The Labute approximate surface area is 382 Å². The molecule has 0 radical (unpaired) electrons. The summed E-state index contributed by atoms with van der Waals surface area (Å²) >= 11 is 0. The summed E-state index contributed by atoms with van der Waals surface area (Å²) in [5.41, 5.74) is 0. The number of phosphoric acid groups is 1. The van der Waals surface area contributed by atoms with Gasteiger partial charge in [0.25, 0.3) is 0 Å². The maximum atomic E-state index is 12.8. The Morgan fingerprint density at radius 2 is 1.05 bits per heavy atom. The van der Waals surface area contributed by atoms with Gasteiger partial charge in [0.15, 0.2) is 6.10 Å². The zero-order valence-electron chi connectivity index (χ0n) is 38.5. The number of epoxide rings is 1. The average Bonchev–Trinajstić information content (AvgIpc) is 4.03. The molecule has 1 heterocycles. The van der Waals surface area contributed by atoms with E-state index in [2.05, 4.69) is 68.5 Å². The summed E-state index contributed by atoms with van der Waals surface area (Å²) < 4.78 is 39.1. The lowest BCUT2D eigenvalue weighted by Gasteiger charge is -2.41. The molecule has 8 atom stereocenters. The van der Waals surface area contributed by atoms with Gasteiger partial charge in [-0.25, -0.2) is 4.57 Å². The highest BCUT2D eigenvalue weighted by molar-refractivity contribution is 7.47. The summed E-state index contributed by atoms with van der Waals surface area (Å²) in [6, 6.07) is 0. The van der Waals surface area contributed by atoms with Crippen LogP contribution in [0.2, 0.25) is 0 Å². The molecule has 366 valence electrons. The van der Waals surface area contributed by atoms with Gasteiger partial charge in [-0.3, -0.25) is 18.6 Å². The smallest absolute Gasteiger partial charge is 0.462 e. The molecule has 0 aromatic heterocycles. The standard InChI is InChI=1S/C49H81O14P/c1-3-5-7-8-9-10-11-12-13-14-18-21-24-27-31-35-42(50)59-37-39(38-60-64(57,58)63-49-47(55)45(53)44(52)46(54)48(49)56)61-43(51)36-32-28-25-22-19-16-15-17-20-23-26-30-34-41-40(62-41)33-29-6-4-2/h6,12-13,16-17,19-20,25-26,28-30,39-41,44-49,52-56H,3-5,7-11,14-15,18,21-24,27,31-38H2,1-2H3,(H,57,58)/b13-12-,19-16-,20-17-,28-25-,29-6-,30-26-. The van der Waals surface area contributed by atoms with Crippen LogP contribution < -0.4 is 0 Å². The van der Waals surface area contributed by atoms with Gasteiger partial charge >= 0.3 is 19.8 Å². The number of carbonyl (C=O) groups is 2. The van der Waals surface area contributed by atoms with Crippen LogP contribution in [0.4, 0.5) is 0 Å². The second-order valence-corrected chi connectivity index (χ2v) is 18.0. The van der Waals surface area contributed by atoms with Crippen molar-refractivity contribution in [3.05, 3.63) is 72.9 Å². The van der Waals surface area contributed by atoms with Crippen LogP contribution in [-0.2, 0) is 37.4 Å². The number of esters is 2. The summed E-state index contributed by atoms with van der Waals surface area (Å²) in [6.45, 7) is 3.10. The van der Waals surface area contributed by atoms with Crippen molar-refractivity contribution in [3.8, 4) is 0 Å². The molecule has 2 rings (SSSR count). The zero-order valence-corrected chi connectivity index (χ0v) is 39.4. The van der Waals surface area contributed by atoms with Crippen molar-refractivity contribution < 1.29 is 67.8 Å². The largest absolute Gasteiger partial charge is 0.472 e. The second-order valence-electron chi connectivity index (χ2n) is 16.6. The highest BCUT2D eigenvalue weighted by Gasteiger charge is 2.51. The number of unbranched alkanes of at least 4 members (excludes halogenated alkanes) is 11. The lowest BCUT2D eigenvalue weighted by Crippen LogP contribution is -2.64. The molecule has 2 fully saturated rings. The third-order valence-corrected chi connectivity index (χ3v) is 11.9. The first-order valence-corrected chi connectivity index (χ1v) is 25.4. The van der Waals surface area contributed by atoms with E-state index < -0.39 is 75.7 Å². The predicted molar refractivity (Wildman–Crippen MR) is 248 cm³/mol. The van der Waals surface area contributed by atoms with E-state index in [4.69, 9.17) is 23.3 Å². The molecule has 0 aromatic rings. The molecule has 6 N–H and O–H groups in total. The van der Waals surface area contributed by atoms with Gasteiger partial charge in [0.05, 0.1) is 18.8 Å². The predicted octanol–water partition coefficient (Wildman–Crippen LogP) is 8.49. The fourth-order valence-electron chi connectivity index (χ4n) is 7.00. The number of allylic oxidation sites excluding steroid dienone is 10. The quantitative estimate of drug-likeness (QED) is 0.0113. The number of hydrogen-bond acceptors (Lipinski definition) is 13. The van der Waals surface area contributed by atoms with Crippen LogP contribution in [0.3, 0.4) is 0 Å². The molecule has 1 saturated carbocycles. The first-order chi connectivity index (χ1) is 30.9. The molecule has 14 nitrogen and oxygen atoms in total. The first-order valence-electron chi connectivity index (χ1n) is 23.9. The van der Waals surface area contributed by atoms with Gasteiger partial charge in [0.1, 0.15) is 43.2 Å². The number of hydrogen-bond donors (Lipinski definition) is 6. The topological polar surface area (TPSA) is 222 Å². The van der Waals surface area contributed by atoms with E-state index in [0.717, 1.165) is 70.6 Å². The molecule has 1 saturated heterocycles. The highest BCUT2D eigenvalue weighted by Crippen LogP contribution is 2.47. The van der Waals surface area contributed by atoms with Crippen molar-refractivity contribution in [3.63, 3.8) is 0 Å². The van der Waals surface area contributed by atoms with E-state index in [-0.39, 0.29) is 12.8 Å². The number of aliphatic hydroxyl groups excluding tert-OH is 5. The molecule has 1 aliphatic carbocycles. The van der Waals surface area contributed by atoms with E-state index >= 15 is 0 Å². The monoisotopic (exact) mass is 925 g/mol. The van der Waals surface area contributed by atoms with Crippen LogP contribution in [0.25, 0.3) is 0 Å². The van der Waals surface area contributed by atoms with Gasteiger partial charge < -0.3 is 44.6 Å². The Kier molecular flexibility index (Phi) is 31.8. The summed E-state index contributed by atoms with van der Waals surface area (Å²) in [7, 11) is -5.15. The minimum Gasteiger partial charge on any atom is -0.462 e. The molecule has 0 aromatic carbocycles. The van der Waals surface area contributed by atoms with Crippen molar-refractivity contribution in [2.75, 3.05) is 13.2 Å². The summed E-state index contributed by atoms with van der Waals surface area (Å²) in [6.07, 6.45) is 32.9. The van der Waals surface area contributed by atoms with Crippen molar-refractivity contribution in [2.24, 2.45) is 0 Å². The highest BCUT2D eigenvalue weighted by atomic mass is 31.2. The Morgan fingerprint density at radius 1 is 0.562 bits per heavy atom. The molecule has 0 bridgehead atoms. The molecular weight excluding hydrogens is 843 g/mol. The van der Waals surface area contributed by atoms with E-state index in [1.165, 1.54) is 38.5 Å². The Bertz CT molecular complexity index is 1460. The van der Waals surface area contributed by atoms with Crippen LogP contribution in [-0.4, -0.2) is 111 Å². The fraction of sp³-hybridized carbons (Fsp3) is 0.714. The number of carbonyl (C=O) groups excluding carboxylic acids is 2. The van der Waals surface area contributed by atoms with Gasteiger partial charge in [0.2, 0.25) is 0 Å². The maximum absolute atomic E-state index is 12.8. The molecule has 0 amide bonds. The van der Waals surface area contributed by atoms with Crippen LogP contribution in [0.5, 0.6) is 0 Å². The fourth-order valence-corrected chi connectivity index (χ4v) is 7.97. The van der Waals surface area contributed by atoms with Gasteiger partial charge in [0, 0.05) is 12.8 Å². The maximum Gasteiger partial charge on any atom is 0.472 e. The van der Waals surface area contributed by atoms with E-state index in [1.54, 1.807) is 0 Å². The average molecular weight is 925 g/mol. The third kappa shape index (κ3) is 27.0. The summed E-state index contributed by atoms with van der Waals surface area (Å²) in [5, 5.41) is 50.2. The normalized spacial score (nSPS) is 25.4. The van der Waals surface area contributed by atoms with Crippen LogP contribution >= 0.6 is 7.82 Å². The molecule has 64 heavy (non-hydrogen) atoms. The van der Waals surface area contributed by atoms with Gasteiger partial charge in [-0.2, -0.15) is 0 Å². The Balaban J connectivity index is 1.73. The number of rotatable bonds is 37. The minimum absolute atomic E-state index is 0.0366. The molecule has 15 heteroatoms. The van der Waals surface area contributed by atoms with Crippen molar-refractivity contribution in [2.45, 2.75) is 210 Å². The molecule has 8 unspecified atom stereocenters. The number of ether oxygens (including phenoxy) is 3. The summed E-state index contributed by atoms with van der Waals surface area (Å²) in [5.74, 6) is -1.22. The lowest BCUT2D eigenvalue weighted by atomic mass is 9.85. The third-order valence-electron chi connectivity index (χ3n) is 10.9. The van der Waals surface area contributed by atoms with Gasteiger partial charge in [-0.1, -0.05) is 138 Å². The van der Waals surface area contributed by atoms with Gasteiger partial charge in [-0.05, 0) is 77.0 Å². The van der Waals surface area contributed by atoms with Crippen LogP contribution in [0.1, 0.15) is 155 Å². The SMILES string of the molecule is CC/C=C\CC1OC1C/C=C\C/C=C\C/C=C\C/C=C\CCC(=O)OC(COC(=O)CCCCCCC/C=C\CCCCCCCC)COP(=O)(O)OC1C(O)C(O)C(O)C(O)C1O.